The van der Waals surface area contributed by atoms with E-state index < -0.39 is 11.9 Å². The number of thiophene rings is 1. The Labute approximate surface area is 197 Å². The summed E-state index contributed by atoms with van der Waals surface area (Å²) in [7, 11) is 3.04. The van der Waals surface area contributed by atoms with E-state index in [1.165, 1.54) is 18.9 Å². The zero-order chi connectivity index (χ0) is 23.4. The Bertz CT molecular complexity index is 1170. The quantitative estimate of drug-likeness (QED) is 0.364. The Kier molecular flexibility index (Phi) is 7.54. The van der Waals surface area contributed by atoms with Crippen molar-refractivity contribution in [2.45, 2.75) is 18.5 Å². The molecule has 1 aromatic carbocycles. The van der Waals surface area contributed by atoms with Gasteiger partial charge in [0.15, 0.2) is 5.16 Å². The van der Waals surface area contributed by atoms with Gasteiger partial charge in [0.25, 0.3) is 5.91 Å². The maximum Gasteiger partial charge on any atom is 0.341 e. The first kappa shape index (κ1) is 23.8. The normalized spacial score (nSPS) is 10.8. The predicted molar refractivity (Wildman–Crippen MR) is 124 cm³/mol. The van der Waals surface area contributed by atoms with E-state index in [1.807, 2.05) is 35.9 Å². The number of primary amides is 1. The van der Waals surface area contributed by atoms with Crippen molar-refractivity contribution in [2.75, 3.05) is 18.2 Å². The lowest BCUT2D eigenvalue weighted by Gasteiger charge is -2.06. The average Bonchev–Trinajstić information content (AvgIpc) is 3.27. The van der Waals surface area contributed by atoms with Gasteiger partial charge in [0.1, 0.15) is 10.8 Å². The number of rotatable bonds is 8. The van der Waals surface area contributed by atoms with Crippen LogP contribution in [0.2, 0.25) is 5.02 Å². The summed E-state index contributed by atoms with van der Waals surface area (Å²) in [5.74, 6) is -0.951. The molecule has 0 saturated carbocycles. The van der Waals surface area contributed by atoms with E-state index in [4.69, 9.17) is 22.1 Å². The van der Waals surface area contributed by atoms with Crippen LogP contribution in [0.25, 0.3) is 0 Å². The third-order valence-electron chi connectivity index (χ3n) is 4.55. The van der Waals surface area contributed by atoms with Crippen molar-refractivity contribution >= 4 is 57.5 Å². The molecule has 0 spiro atoms. The first-order chi connectivity index (χ1) is 15.2. The fourth-order valence-corrected chi connectivity index (χ4v) is 4.81. The van der Waals surface area contributed by atoms with Gasteiger partial charge in [-0.25, -0.2) is 4.79 Å². The third-order valence-corrected chi connectivity index (χ3v) is 7.04. The number of aromatic nitrogens is 3. The molecule has 0 unspecified atom stereocenters. The summed E-state index contributed by atoms with van der Waals surface area (Å²) in [5, 5.41) is 12.5. The van der Waals surface area contributed by atoms with E-state index >= 15 is 0 Å². The van der Waals surface area contributed by atoms with Gasteiger partial charge in [-0.1, -0.05) is 35.5 Å². The van der Waals surface area contributed by atoms with Crippen LogP contribution in [-0.4, -0.2) is 45.4 Å². The number of nitrogens with two attached hydrogens (primary N) is 1. The predicted octanol–water partition coefficient (Wildman–Crippen LogP) is 3.05. The first-order valence-electron chi connectivity index (χ1n) is 9.28. The van der Waals surface area contributed by atoms with Crippen LogP contribution in [0.5, 0.6) is 0 Å². The Hall–Kier alpha value is -2.89. The number of thioether (sulfide) groups is 1. The maximum atomic E-state index is 12.5. The van der Waals surface area contributed by atoms with Crippen molar-refractivity contribution in [1.29, 1.82) is 0 Å². The van der Waals surface area contributed by atoms with Crippen LogP contribution in [0, 0.1) is 6.92 Å². The second-order valence-corrected chi connectivity index (χ2v) is 9.11. The molecule has 168 valence electrons. The molecule has 0 aliphatic rings. The van der Waals surface area contributed by atoms with Gasteiger partial charge in [0.05, 0.1) is 23.3 Å². The molecule has 0 bridgehead atoms. The Morgan fingerprint density at radius 1 is 1.25 bits per heavy atom. The van der Waals surface area contributed by atoms with E-state index in [-0.39, 0.29) is 27.1 Å². The summed E-state index contributed by atoms with van der Waals surface area (Å²) in [5.41, 5.74) is 6.89. The second kappa shape index (κ2) is 10.2. The van der Waals surface area contributed by atoms with E-state index in [9.17, 15) is 14.4 Å². The summed E-state index contributed by atoms with van der Waals surface area (Å²) in [6, 6.07) is 7.45. The Balaban J connectivity index is 1.67. The minimum absolute atomic E-state index is 0.0242. The van der Waals surface area contributed by atoms with Crippen LogP contribution in [0.1, 0.15) is 37.0 Å². The van der Waals surface area contributed by atoms with Gasteiger partial charge in [0, 0.05) is 18.5 Å². The number of hydrogen-bond donors (Lipinski definition) is 2. The molecule has 3 rings (SSSR count). The summed E-state index contributed by atoms with van der Waals surface area (Å²) < 4.78 is 6.58. The van der Waals surface area contributed by atoms with Gasteiger partial charge in [-0.15, -0.1) is 21.5 Å². The number of nitrogens with zero attached hydrogens (tertiary/aromatic N) is 3. The van der Waals surface area contributed by atoms with Crippen LogP contribution in [-0.2, 0) is 23.0 Å². The average molecular weight is 494 g/mol. The topological polar surface area (TPSA) is 129 Å². The van der Waals surface area contributed by atoms with Crippen LogP contribution in [0.3, 0.4) is 0 Å². The van der Waals surface area contributed by atoms with E-state index in [2.05, 4.69) is 15.5 Å². The molecule has 0 radical (unpaired) electrons. The molecule has 9 nitrogen and oxygen atoms in total. The van der Waals surface area contributed by atoms with Crippen molar-refractivity contribution in [3.05, 3.63) is 56.7 Å². The highest BCUT2D eigenvalue weighted by Gasteiger charge is 2.25. The molecule has 3 N–H and O–H groups in total. The summed E-state index contributed by atoms with van der Waals surface area (Å²) in [6.07, 6.45) is 0.570. The molecule has 2 heterocycles. The van der Waals surface area contributed by atoms with E-state index in [1.54, 1.807) is 6.92 Å². The fraction of sp³-hybridized carbons (Fsp3) is 0.250. The number of ether oxygens (including phenoxy) is 1. The van der Waals surface area contributed by atoms with Crippen molar-refractivity contribution < 1.29 is 19.1 Å². The number of nitrogens with one attached hydrogen (secondary N) is 1. The first-order valence-corrected chi connectivity index (χ1v) is 11.5. The monoisotopic (exact) mass is 493 g/mol. The largest absolute Gasteiger partial charge is 0.465 e. The third kappa shape index (κ3) is 5.29. The number of hydrogen-bond acceptors (Lipinski definition) is 8. The molecule has 0 atom stereocenters. The molecule has 0 aliphatic heterocycles. The zero-order valence-corrected chi connectivity index (χ0v) is 19.9. The SMILES string of the molecule is COC(=O)c1c(NC(=O)CSc2nnc(Cc3ccc(Cl)cc3)n2C)sc(C(N)=O)c1C. The van der Waals surface area contributed by atoms with Gasteiger partial charge < -0.3 is 20.4 Å². The van der Waals surface area contributed by atoms with E-state index in [0.29, 0.717) is 22.2 Å². The smallest absolute Gasteiger partial charge is 0.341 e. The second-order valence-electron chi connectivity index (χ2n) is 6.71. The zero-order valence-electron chi connectivity index (χ0n) is 17.5. The van der Waals surface area contributed by atoms with Crippen molar-refractivity contribution in [3.63, 3.8) is 0 Å². The standard InChI is InChI=1S/C20H20ClN5O4S2/c1-10-15(19(29)30-3)18(32-16(10)17(22)28)23-14(27)9-31-20-25-24-13(26(20)2)8-11-4-6-12(21)7-5-11/h4-7H,8-9H2,1-3H3,(H2,22,28)(H,23,27). The molecule has 12 heteroatoms. The molecule has 0 fully saturated rings. The van der Waals surface area contributed by atoms with Gasteiger partial charge >= 0.3 is 5.97 Å². The minimum atomic E-state index is -0.681. The molecule has 0 saturated heterocycles. The highest BCUT2D eigenvalue weighted by atomic mass is 35.5. The van der Waals surface area contributed by atoms with E-state index in [0.717, 1.165) is 22.7 Å². The van der Waals surface area contributed by atoms with Crippen molar-refractivity contribution in [3.8, 4) is 0 Å². The highest BCUT2D eigenvalue weighted by molar-refractivity contribution is 7.99. The van der Waals surface area contributed by atoms with Crippen molar-refractivity contribution in [2.24, 2.45) is 12.8 Å². The number of benzene rings is 1. The molecule has 2 aromatic heterocycles. The summed E-state index contributed by atoms with van der Waals surface area (Å²) in [4.78, 5) is 36.4. The molecular weight excluding hydrogens is 474 g/mol. The number of esters is 1. The number of halogens is 1. The lowest BCUT2D eigenvalue weighted by Crippen LogP contribution is -2.16. The number of carbonyl (C=O) groups is 3. The Morgan fingerprint density at radius 2 is 1.94 bits per heavy atom. The number of anilines is 1. The lowest BCUT2D eigenvalue weighted by molar-refractivity contribution is -0.113. The summed E-state index contributed by atoms with van der Waals surface area (Å²) in [6.45, 7) is 1.58. The maximum absolute atomic E-state index is 12.5. The van der Waals surface area contributed by atoms with Crippen LogP contribution >= 0.6 is 34.7 Å². The number of carbonyl (C=O) groups excluding carboxylic acids is 3. The summed E-state index contributed by atoms with van der Waals surface area (Å²) >= 11 is 8.05. The minimum Gasteiger partial charge on any atom is -0.465 e. The molecule has 2 amide bonds. The van der Waals surface area contributed by atoms with Gasteiger partial charge in [-0.05, 0) is 30.2 Å². The van der Waals surface area contributed by atoms with Crippen LogP contribution in [0.15, 0.2) is 29.4 Å². The van der Waals surface area contributed by atoms with Gasteiger partial charge in [-0.2, -0.15) is 0 Å². The van der Waals surface area contributed by atoms with Gasteiger partial charge in [-0.3, -0.25) is 9.59 Å². The Morgan fingerprint density at radius 3 is 2.56 bits per heavy atom. The number of amides is 2. The number of methoxy groups -OCH3 is 1. The molecule has 32 heavy (non-hydrogen) atoms. The van der Waals surface area contributed by atoms with Crippen LogP contribution in [0.4, 0.5) is 5.00 Å². The lowest BCUT2D eigenvalue weighted by atomic mass is 10.1. The molecular formula is C20H20ClN5O4S2. The van der Waals surface area contributed by atoms with Crippen molar-refractivity contribution in [1.82, 2.24) is 14.8 Å². The fourth-order valence-electron chi connectivity index (χ4n) is 2.89. The van der Waals surface area contributed by atoms with Crippen LogP contribution < -0.4 is 11.1 Å². The molecule has 0 aliphatic carbocycles. The van der Waals surface area contributed by atoms with Gasteiger partial charge in [0.2, 0.25) is 5.91 Å². The highest BCUT2D eigenvalue weighted by Crippen LogP contribution is 2.33. The molecule has 3 aromatic rings.